The van der Waals surface area contributed by atoms with E-state index < -0.39 is 32.7 Å². The van der Waals surface area contributed by atoms with Crippen molar-refractivity contribution in [2.24, 2.45) is 0 Å². The van der Waals surface area contributed by atoms with Gasteiger partial charge in [0.15, 0.2) is 15.4 Å². The molecule has 1 aromatic rings. The number of benzene rings is 1. The minimum Gasteiger partial charge on any atom is -0.323 e. The van der Waals surface area contributed by atoms with E-state index in [2.05, 4.69) is 0 Å². The Morgan fingerprint density at radius 2 is 1.87 bits per heavy atom. The maximum Gasteiger partial charge on any atom is 0.415 e. The lowest BCUT2D eigenvalue weighted by Gasteiger charge is -2.47. The molecule has 4 nitrogen and oxygen atoms in total. The summed E-state index contributed by atoms with van der Waals surface area (Å²) in [5, 5.41) is -1.52. The highest BCUT2D eigenvalue weighted by Gasteiger charge is 2.60. The lowest BCUT2D eigenvalue weighted by atomic mass is 9.81. The molecule has 1 heterocycles. The fourth-order valence-electron chi connectivity index (χ4n) is 2.85. The summed E-state index contributed by atoms with van der Waals surface area (Å²) in [6.45, 7) is 1.87. The Morgan fingerprint density at radius 3 is 2.39 bits per heavy atom. The summed E-state index contributed by atoms with van der Waals surface area (Å²) in [6, 6.07) is 6.07. The zero-order valence-corrected chi connectivity index (χ0v) is 13.8. The van der Waals surface area contributed by atoms with E-state index in [1.807, 2.05) is 0 Å². The number of amides is 1. The third-order valence-electron chi connectivity index (χ3n) is 4.49. The van der Waals surface area contributed by atoms with Gasteiger partial charge in [0.05, 0.1) is 0 Å². The molecule has 0 saturated carbocycles. The predicted molar refractivity (Wildman–Crippen MR) is 79.6 cm³/mol. The van der Waals surface area contributed by atoms with Gasteiger partial charge in [-0.2, -0.15) is 13.2 Å². The van der Waals surface area contributed by atoms with Crippen molar-refractivity contribution in [2.45, 2.75) is 37.2 Å². The van der Waals surface area contributed by atoms with E-state index in [-0.39, 0.29) is 18.5 Å². The Labute approximate surface area is 133 Å². The van der Waals surface area contributed by atoms with Crippen molar-refractivity contribution in [1.82, 2.24) is 4.90 Å². The van der Waals surface area contributed by atoms with Gasteiger partial charge in [-0.3, -0.25) is 4.79 Å². The predicted octanol–water partition coefficient (Wildman–Crippen LogP) is 2.28. The number of sulfone groups is 1. The lowest BCUT2D eigenvalue weighted by molar-refractivity contribution is -0.233. The molecule has 0 spiro atoms. The van der Waals surface area contributed by atoms with Crippen LogP contribution in [0.3, 0.4) is 0 Å². The molecule has 1 amide bonds. The highest BCUT2D eigenvalue weighted by Crippen LogP contribution is 2.47. The van der Waals surface area contributed by atoms with Gasteiger partial charge >= 0.3 is 6.18 Å². The smallest absolute Gasteiger partial charge is 0.323 e. The monoisotopic (exact) mass is 349 g/mol. The van der Waals surface area contributed by atoms with Crippen LogP contribution < -0.4 is 0 Å². The SMILES string of the molecule is CC(C(=O)N1CCc2ccccc2C1(C)C(F)(F)F)S(C)(=O)=O. The summed E-state index contributed by atoms with van der Waals surface area (Å²) in [6.07, 6.45) is -3.63. The molecule has 1 aliphatic heterocycles. The van der Waals surface area contributed by atoms with Crippen molar-refractivity contribution < 1.29 is 26.4 Å². The van der Waals surface area contributed by atoms with Crippen molar-refractivity contribution >= 4 is 15.7 Å². The second kappa shape index (κ2) is 5.51. The largest absolute Gasteiger partial charge is 0.415 e. The number of halogens is 3. The number of fused-ring (bicyclic) bond motifs is 1. The minimum absolute atomic E-state index is 0.00667. The Balaban J connectivity index is 2.60. The fourth-order valence-corrected chi connectivity index (χ4v) is 3.35. The highest BCUT2D eigenvalue weighted by atomic mass is 32.2. The van der Waals surface area contributed by atoms with E-state index in [1.54, 1.807) is 12.1 Å². The molecule has 0 aromatic heterocycles. The van der Waals surface area contributed by atoms with E-state index in [9.17, 15) is 26.4 Å². The van der Waals surface area contributed by atoms with Crippen LogP contribution in [0.2, 0.25) is 0 Å². The van der Waals surface area contributed by atoms with E-state index in [0.717, 1.165) is 20.1 Å². The third kappa shape index (κ3) is 2.84. The second-order valence-corrected chi connectivity index (χ2v) is 8.30. The average Bonchev–Trinajstić information content (AvgIpc) is 2.44. The van der Waals surface area contributed by atoms with Crippen LogP contribution in [-0.2, 0) is 26.6 Å². The quantitative estimate of drug-likeness (QED) is 0.823. The average molecular weight is 349 g/mol. The van der Waals surface area contributed by atoms with Crippen LogP contribution >= 0.6 is 0 Å². The highest BCUT2D eigenvalue weighted by molar-refractivity contribution is 7.92. The molecule has 2 unspecified atom stereocenters. The number of rotatable bonds is 2. The molecule has 8 heteroatoms. The van der Waals surface area contributed by atoms with Crippen LogP contribution in [0.25, 0.3) is 0 Å². The molecule has 2 rings (SSSR count). The normalized spacial score (nSPS) is 23.3. The van der Waals surface area contributed by atoms with Gasteiger partial charge in [0.2, 0.25) is 5.91 Å². The summed E-state index contributed by atoms with van der Waals surface area (Å²) in [7, 11) is -3.78. The Bertz CT molecular complexity index is 730. The van der Waals surface area contributed by atoms with Gasteiger partial charge in [-0.15, -0.1) is 0 Å². The third-order valence-corrected chi connectivity index (χ3v) is 5.98. The first-order valence-electron chi connectivity index (χ1n) is 7.06. The number of carbonyl (C=O) groups excluding carboxylic acids is 1. The molecule has 0 bridgehead atoms. The van der Waals surface area contributed by atoms with Crippen molar-refractivity contribution in [3.63, 3.8) is 0 Å². The molecule has 1 aromatic carbocycles. The van der Waals surface area contributed by atoms with Crippen molar-refractivity contribution in [3.05, 3.63) is 35.4 Å². The molecule has 0 radical (unpaired) electrons. The van der Waals surface area contributed by atoms with Crippen LogP contribution in [0.1, 0.15) is 25.0 Å². The van der Waals surface area contributed by atoms with E-state index >= 15 is 0 Å². The first-order chi connectivity index (χ1) is 10.4. The van der Waals surface area contributed by atoms with Gasteiger partial charge in [0.25, 0.3) is 0 Å². The molecule has 0 saturated heterocycles. The first-order valence-corrected chi connectivity index (χ1v) is 9.01. The van der Waals surface area contributed by atoms with Crippen LogP contribution in [0, 0.1) is 0 Å². The lowest BCUT2D eigenvalue weighted by Crippen LogP contribution is -2.61. The molecule has 2 atom stereocenters. The molecular weight excluding hydrogens is 331 g/mol. The van der Waals surface area contributed by atoms with Gasteiger partial charge in [-0.05, 0) is 31.4 Å². The standard InChI is InChI=1S/C15H18F3NO3S/c1-10(23(3,21)22)13(20)19-9-8-11-6-4-5-7-12(11)14(19,2)15(16,17)18/h4-7,10H,8-9H2,1-3H3. The molecule has 1 aliphatic rings. The second-order valence-electron chi connectivity index (χ2n) is 5.94. The number of nitrogens with zero attached hydrogens (tertiary/aromatic N) is 1. The number of carbonyl (C=O) groups is 1. The van der Waals surface area contributed by atoms with E-state index in [1.165, 1.54) is 12.1 Å². The van der Waals surface area contributed by atoms with Crippen LogP contribution in [0.15, 0.2) is 24.3 Å². The topological polar surface area (TPSA) is 54.5 Å². The zero-order chi connectivity index (χ0) is 17.6. The summed E-state index contributed by atoms with van der Waals surface area (Å²) in [5.41, 5.74) is -2.03. The molecule has 0 N–H and O–H groups in total. The molecule has 23 heavy (non-hydrogen) atoms. The maximum absolute atomic E-state index is 13.8. The molecule has 128 valence electrons. The van der Waals surface area contributed by atoms with Crippen LogP contribution in [-0.4, -0.2) is 43.5 Å². The van der Waals surface area contributed by atoms with Gasteiger partial charge in [-0.1, -0.05) is 24.3 Å². The van der Waals surface area contributed by atoms with Crippen LogP contribution in [0.5, 0.6) is 0 Å². The van der Waals surface area contributed by atoms with Gasteiger partial charge < -0.3 is 4.90 Å². The van der Waals surface area contributed by atoms with Crippen molar-refractivity contribution in [1.29, 1.82) is 0 Å². The summed E-state index contributed by atoms with van der Waals surface area (Å²) >= 11 is 0. The number of alkyl halides is 3. The minimum atomic E-state index is -4.73. The van der Waals surface area contributed by atoms with Gasteiger partial charge in [-0.25, -0.2) is 8.42 Å². The molecule has 0 aliphatic carbocycles. The van der Waals surface area contributed by atoms with Crippen molar-refractivity contribution in [3.8, 4) is 0 Å². The Kier molecular flexibility index (Phi) is 4.26. The maximum atomic E-state index is 13.8. The summed E-state index contributed by atoms with van der Waals surface area (Å²) < 4.78 is 64.7. The van der Waals surface area contributed by atoms with Crippen molar-refractivity contribution in [2.75, 3.05) is 12.8 Å². The summed E-state index contributed by atoms with van der Waals surface area (Å²) in [5.74, 6) is -1.03. The van der Waals surface area contributed by atoms with Crippen LogP contribution in [0.4, 0.5) is 13.2 Å². The molecule has 0 fully saturated rings. The first kappa shape index (κ1) is 17.8. The Morgan fingerprint density at radius 1 is 1.30 bits per heavy atom. The zero-order valence-electron chi connectivity index (χ0n) is 13.0. The Hall–Kier alpha value is -1.57. The van der Waals surface area contributed by atoms with E-state index in [0.29, 0.717) is 10.5 Å². The fraction of sp³-hybridized carbons (Fsp3) is 0.533. The summed E-state index contributed by atoms with van der Waals surface area (Å²) in [4.78, 5) is 13.1. The molecular formula is C15H18F3NO3S. The number of hydrogen-bond donors (Lipinski definition) is 0. The number of hydrogen-bond acceptors (Lipinski definition) is 3. The van der Waals surface area contributed by atoms with Gasteiger partial charge in [0.1, 0.15) is 5.25 Å². The van der Waals surface area contributed by atoms with E-state index in [4.69, 9.17) is 0 Å². The van der Waals surface area contributed by atoms with Gasteiger partial charge in [0, 0.05) is 12.8 Å².